The molecule has 0 radical (unpaired) electrons. The van der Waals surface area contributed by atoms with E-state index in [1.807, 2.05) is 48.5 Å². The zero-order valence-corrected chi connectivity index (χ0v) is 14.2. The van der Waals surface area contributed by atoms with Gasteiger partial charge in [0, 0.05) is 5.56 Å². The molecule has 1 saturated carbocycles. The van der Waals surface area contributed by atoms with Crippen LogP contribution in [0.25, 0.3) is 22.4 Å². The van der Waals surface area contributed by atoms with Gasteiger partial charge in [-0.2, -0.15) is 0 Å². The molecule has 1 heterocycles. The molecule has 7 heteroatoms. The summed E-state index contributed by atoms with van der Waals surface area (Å²) in [5.41, 5.74) is 3.19. The number of oxazole rings is 1. The van der Waals surface area contributed by atoms with Gasteiger partial charge in [-0.1, -0.05) is 48.5 Å². The first-order chi connectivity index (χ1) is 13.0. The highest BCUT2D eigenvalue weighted by Crippen LogP contribution is 2.48. The molecule has 136 valence electrons. The second-order valence-corrected chi connectivity index (χ2v) is 6.50. The molecule has 4 rings (SSSR count). The van der Waals surface area contributed by atoms with Gasteiger partial charge in [-0.25, -0.2) is 9.78 Å². The fraction of sp³-hybridized carbons (Fsp3) is 0.150. The van der Waals surface area contributed by atoms with Crippen LogP contribution in [0.1, 0.15) is 18.4 Å². The quantitative estimate of drug-likeness (QED) is 0.625. The van der Waals surface area contributed by atoms with Gasteiger partial charge in [-0.3, -0.25) is 10.1 Å². The summed E-state index contributed by atoms with van der Waals surface area (Å²) in [6.45, 7) is 0. The molecular weight excluding hydrogens is 348 g/mol. The Kier molecular flexibility index (Phi) is 3.92. The van der Waals surface area contributed by atoms with Crippen LogP contribution in [0.4, 0.5) is 10.7 Å². The Morgan fingerprint density at radius 1 is 0.926 bits per heavy atom. The van der Waals surface area contributed by atoms with Crippen LogP contribution in [0.2, 0.25) is 0 Å². The van der Waals surface area contributed by atoms with Gasteiger partial charge in [0.15, 0.2) is 6.39 Å². The molecular formula is C20H16N2O5. The number of hydrogen-bond acceptors (Lipinski definition) is 4. The van der Waals surface area contributed by atoms with Crippen LogP contribution in [0, 0.1) is 0 Å². The van der Waals surface area contributed by atoms with E-state index in [0.717, 1.165) is 22.3 Å². The Labute approximate surface area is 154 Å². The van der Waals surface area contributed by atoms with Crippen molar-refractivity contribution in [3.63, 3.8) is 0 Å². The second-order valence-electron chi connectivity index (χ2n) is 6.50. The molecule has 0 aliphatic heterocycles. The number of carboxylic acid groups (broad SMARTS) is 2. The van der Waals surface area contributed by atoms with Crippen LogP contribution >= 0.6 is 0 Å². The minimum absolute atomic E-state index is 0.0722. The number of aliphatic carboxylic acids is 1. The summed E-state index contributed by atoms with van der Waals surface area (Å²) in [6, 6.07) is 15.0. The Morgan fingerprint density at radius 2 is 1.48 bits per heavy atom. The molecule has 1 amide bonds. The lowest BCUT2D eigenvalue weighted by molar-refractivity contribution is -0.140. The van der Waals surface area contributed by atoms with Crippen LogP contribution in [-0.2, 0) is 10.2 Å². The number of carbonyl (C=O) groups is 2. The molecule has 0 bridgehead atoms. The van der Waals surface area contributed by atoms with Crippen molar-refractivity contribution in [3.8, 4) is 22.4 Å². The lowest BCUT2D eigenvalue weighted by Gasteiger charge is -2.11. The molecule has 27 heavy (non-hydrogen) atoms. The van der Waals surface area contributed by atoms with E-state index in [1.54, 1.807) is 0 Å². The number of carboxylic acids is 1. The van der Waals surface area contributed by atoms with Crippen LogP contribution < -0.4 is 5.32 Å². The van der Waals surface area contributed by atoms with Gasteiger partial charge in [0.25, 0.3) is 0 Å². The van der Waals surface area contributed by atoms with Gasteiger partial charge >= 0.3 is 12.1 Å². The fourth-order valence-electron chi connectivity index (χ4n) is 3.19. The molecule has 1 aromatic heterocycles. The normalized spacial score (nSPS) is 14.5. The van der Waals surface area contributed by atoms with Crippen LogP contribution in [0.5, 0.6) is 0 Å². The zero-order valence-electron chi connectivity index (χ0n) is 14.2. The first kappa shape index (κ1) is 16.8. The van der Waals surface area contributed by atoms with Crippen LogP contribution in [0.15, 0.2) is 59.3 Å². The van der Waals surface area contributed by atoms with Gasteiger partial charge in [0.2, 0.25) is 5.88 Å². The number of nitrogens with zero attached hydrogens (tertiary/aromatic N) is 1. The number of hydrogen-bond donors (Lipinski definition) is 3. The largest absolute Gasteiger partial charge is 0.481 e. The highest BCUT2D eigenvalue weighted by molar-refractivity contribution is 5.87. The number of rotatable bonds is 5. The van der Waals surface area contributed by atoms with Crippen LogP contribution in [0.3, 0.4) is 0 Å². The van der Waals surface area contributed by atoms with Gasteiger partial charge in [0.1, 0.15) is 5.69 Å². The predicted octanol–water partition coefficient (Wildman–Crippen LogP) is 4.21. The molecule has 0 unspecified atom stereocenters. The minimum atomic E-state index is -1.22. The van der Waals surface area contributed by atoms with Crippen molar-refractivity contribution in [3.05, 3.63) is 60.5 Å². The Morgan fingerprint density at radius 3 is 2.00 bits per heavy atom. The summed E-state index contributed by atoms with van der Waals surface area (Å²) >= 11 is 0. The third-order valence-corrected chi connectivity index (χ3v) is 4.88. The monoisotopic (exact) mass is 364 g/mol. The summed E-state index contributed by atoms with van der Waals surface area (Å²) in [7, 11) is 0. The molecule has 0 saturated heterocycles. The summed E-state index contributed by atoms with van der Waals surface area (Å²) in [6.07, 6.45) is 1.32. The van der Waals surface area contributed by atoms with Crippen molar-refractivity contribution in [2.24, 2.45) is 0 Å². The smallest absolute Gasteiger partial charge is 0.411 e. The standard InChI is InChI=1S/C20H16N2O5/c23-18(24)20(9-10-20)15-7-5-13(6-8-15)12-1-3-14(4-2-12)16-17(22-19(25)26)27-11-21-16/h1-8,11,22H,9-10H2,(H,23,24)(H,25,26). The van der Waals surface area contributed by atoms with E-state index < -0.39 is 17.5 Å². The molecule has 0 atom stereocenters. The van der Waals surface area contributed by atoms with E-state index in [1.165, 1.54) is 6.39 Å². The Bertz CT molecular complexity index is 1000. The van der Waals surface area contributed by atoms with Gasteiger partial charge < -0.3 is 14.6 Å². The first-order valence-electron chi connectivity index (χ1n) is 8.38. The van der Waals surface area contributed by atoms with Crippen molar-refractivity contribution < 1.29 is 24.2 Å². The average molecular weight is 364 g/mol. The fourth-order valence-corrected chi connectivity index (χ4v) is 3.19. The number of benzene rings is 2. The molecule has 1 aliphatic carbocycles. The van der Waals surface area contributed by atoms with E-state index in [9.17, 15) is 14.7 Å². The van der Waals surface area contributed by atoms with E-state index >= 15 is 0 Å². The number of anilines is 1. The van der Waals surface area contributed by atoms with E-state index in [-0.39, 0.29) is 5.88 Å². The molecule has 0 spiro atoms. The maximum atomic E-state index is 11.4. The molecule has 3 N–H and O–H groups in total. The summed E-state index contributed by atoms with van der Waals surface area (Å²) in [5, 5.41) is 20.4. The molecule has 1 aliphatic rings. The highest BCUT2D eigenvalue weighted by Gasteiger charge is 2.51. The minimum Gasteiger partial charge on any atom is -0.481 e. The number of amides is 1. The Balaban J connectivity index is 1.57. The van der Waals surface area contributed by atoms with Crippen molar-refractivity contribution >= 4 is 17.9 Å². The third-order valence-electron chi connectivity index (χ3n) is 4.88. The molecule has 3 aromatic rings. The van der Waals surface area contributed by atoms with Gasteiger partial charge in [-0.05, 0) is 29.5 Å². The summed E-state index contributed by atoms with van der Waals surface area (Å²) in [5.74, 6) is -0.694. The highest BCUT2D eigenvalue weighted by atomic mass is 16.4. The second kappa shape index (κ2) is 6.28. The van der Waals surface area contributed by atoms with Crippen molar-refractivity contribution in [2.75, 3.05) is 5.32 Å². The SMILES string of the molecule is O=C(O)Nc1ocnc1-c1ccc(-c2ccc(C3(C(=O)O)CC3)cc2)cc1. The predicted molar refractivity (Wildman–Crippen MR) is 97.6 cm³/mol. The number of aromatic nitrogens is 1. The Hall–Kier alpha value is -3.61. The molecule has 7 nitrogen and oxygen atoms in total. The van der Waals surface area contributed by atoms with Crippen molar-refractivity contribution in [1.82, 2.24) is 4.98 Å². The maximum Gasteiger partial charge on any atom is 0.411 e. The first-order valence-corrected chi connectivity index (χ1v) is 8.38. The average Bonchev–Trinajstić information content (AvgIpc) is 3.36. The van der Waals surface area contributed by atoms with E-state index in [2.05, 4.69) is 10.3 Å². The van der Waals surface area contributed by atoms with Gasteiger partial charge in [-0.15, -0.1) is 0 Å². The lowest BCUT2D eigenvalue weighted by atomic mass is 9.93. The third kappa shape index (κ3) is 3.03. The van der Waals surface area contributed by atoms with Crippen molar-refractivity contribution in [1.29, 1.82) is 0 Å². The summed E-state index contributed by atoms with van der Waals surface area (Å²) in [4.78, 5) is 26.3. The van der Waals surface area contributed by atoms with E-state index in [4.69, 9.17) is 9.52 Å². The van der Waals surface area contributed by atoms with Gasteiger partial charge in [0.05, 0.1) is 5.41 Å². The summed E-state index contributed by atoms with van der Waals surface area (Å²) < 4.78 is 5.06. The van der Waals surface area contributed by atoms with Crippen LogP contribution in [-0.4, -0.2) is 27.3 Å². The molecule has 2 aromatic carbocycles. The zero-order chi connectivity index (χ0) is 19.0. The lowest BCUT2D eigenvalue weighted by Crippen LogP contribution is -2.19. The van der Waals surface area contributed by atoms with Crippen molar-refractivity contribution in [2.45, 2.75) is 18.3 Å². The maximum absolute atomic E-state index is 11.4. The van der Waals surface area contributed by atoms with E-state index in [0.29, 0.717) is 18.5 Å². The number of nitrogens with one attached hydrogen (secondary N) is 1. The topological polar surface area (TPSA) is 113 Å². The molecule has 1 fully saturated rings.